The Morgan fingerprint density at radius 2 is 1.50 bits per heavy atom. The molecule has 2 heterocycles. The lowest BCUT2D eigenvalue weighted by molar-refractivity contribution is 0.102. The summed E-state index contributed by atoms with van der Waals surface area (Å²) in [4.78, 5) is 21.1. The van der Waals surface area contributed by atoms with E-state index in [-0.39, 0.29) is 11.6 Å². The van der Waals surface area contributed by atoms with Gasteiger partial charge in [-0.1, -0.05) is 0 Å². The van der Waals surface area contributed by atoms with Gasteiger partial charge in [0.25, 0.3) is 5.91 Å². The van der Waals surface area contributed by atoms with Crippen LogP contribution in [-0.4, -0.2) is 15.9 Å². The Labute approximate surface area is 206 Å². The molecular weight excluding hydrogens is 455 g/mol. The first-order valence-corrected chi connectivity index (χ1v) is 11.0. The first-order chi connectivity index (χ1) is 17.6. The second kappa shape index (κ2) is 9.91. The van der Waals surface area contributed by atoms with Crippen LogP contribution in [0.15, 0.2) is 97.5 Å². The van der Waals surface area contributed by atoms with Crippen molar-refractivity contribution >= 4 is 45.2 Å². The third-order valence-electron chi connectivity index (χ3n) is 5.48. The number of benzene rings is 3. The van der Waals surface area contributed by atoms with Gasteiger partial charge in [-0.05, 0) is 78.9 Å². The molecule has 0 saturated heterocycles. The van der Waals surface area contributed by atoms with Crippen molar-refractivity contribution in [2.75, 3.05) is 16.0 Å². The molecule has 5 rings (SSSR count). The number of nitriles is 1. The number of aromatic nitrogens is 2. The number of nitrogens with zero attached hydrogens (tertiary/aromatic N) is 3. The molecule has 0 saturated carbocycles. The fourth-order valence-corrected chi connectivity index (χ4v) is 3.68. The standard InChI is InChI=1S/C28H19FN6O/c29-24-7-6-22(16-27(24)34-21-9-12-31-13-10-21)35-28(36)19-2-4-20(5-3-19)33-26-11-14-32-25-8-1-18(17-30)15-23(25)26/h1-16H,(H,31,34)(H,32,33)(H,35,36). The molecule has 0 unspecified atom stereocenters. The van der Waals surface area contributed by atoms with E-state index in [1.807, 2.05) is 6.07 Å². The number of amides is 1. The summed E-state index contributed by atoms with van der Waals surface area (Å²) in [5.41, 5.74) is 4.71. The van der Waals surface area contributed by atoms with Crippen LogP contribution in [0, 0.1) is 17.1 Å². The molecular formula is C28H19FN6O. The number of rotatable bonds is 6. The maximum absolute atomic E-state index is 14.3. The van der Waals surface area contributed by atoms with Crippen molar-refractivity contribution in [3.05, 3.63) is 114 Å². The van der Waals surface area contributed by atoms with Crippen molar-refractivity contribution in [1.29, 1.82) is 5.26 Å². The Hall–Kier alpha value is -5.29. The summed E-state index contributed by atoms with van der Waals surface area (Å²) >= 11 is 0. The Morgan fingerprint density at radius 3 is 2.28 bits per heavy atom. The van der Waals surface area contributed by atoms with Gasteiger partial charge in [-0.15, -0.1) is 0 Å². The van der Waals surface area contributed by atoms with Crippen LogP contribution in [0.4, 0.5) is 32.8 Å². The van der Waals surface area contributed by atoms with Crippen LogP contribution < -0.4 is 16.0 Å². The highest BCUT2D eigenvalue weighted by Crippen LogP contribution is 2.27. The number of hydrogen-bond donors (Lipinski definition) is 3. The number of carbonyl (C=O) groups excluding carboxylic acids is 1. The van der Waals surface area contributed by atoms with Crippen LogP contribution >= 0.6 is 0 Å². The zero-order valence-electron chi connectivity index (χ0n) is 18.9. The molecule has 1 amide bonds. The molecule has 0 aliphatic carbocycles. The van der Waals surface area contributed by atoms with E-state index in [4.69, 9.17) is 0 Å². The summed E-state index contributed by atoms with van der Waals surface area (Å²) in [6.45, 7) is 0. The smallest absolute Gasteiger partial charge is 0.255 e. The van der Waals surface area contributed by atoms with Crippen LogP contribution in [0.1, 0.15) is 15.9 Å². The quantitative estimate of drug-likeness (QED) is 0.264. The molecule has 7 nitrogen and oxygen atoms in total. The van der Waals surface area contributed by atoms with Gasteiger partial charge in [0.05, 0.1) is 22.8 Å². The van der Waals surface area contributed by atoms with Gasteiger partial charge in [-0.25, -0.2) is 4.39 Å². The van der Waals surface area contributed by atoms with E-state index in [1.54, 1.807) is 73.2 Å². The Bertz CT molecular complexity index is 1600. The zero-order valence-corrected chi connectivity index (χ0v) is 18.9. The predicted molar refractivity (Wildman–Crippen MR) is 138 cm³/mol. The van der Waals surface area contributed by atoms with Gasteiger partial charge in [-0.2, -0.15) is 5.26 Å². The van der Waals surface area contributed by atoms with E-state index in [0.29, 0.717) is 22.5 Å². The minimum atomic E-state index is -0.439. The van der Waals surface area contributed by atoms with E-state index in [2.05, 4.69) is 32.0 Å². The van der Waals surface area contributed by atoms with Crippen LogP contribution in [0.3, 0.4) is 0 Å². The lowest BCUT2D eigenvalue weighted by atomic mass is 10.1. The van der Waals surface area contributed by atoms with E-state index in [0.717, 1.165) is 22.3 Å². The average molecular weight is 474 g/mol. The number of fused-ring (bicyclic) bond motifs is 1. The summed E-state index contributed by atoms with van der Waals surface area (Å²) in [5.74, 6) is -0.762. The summed E-state index contributed by atoms with van der Waals surface area (Å²) in [6.07, 6.45) is 4.90. The molecule has 3 N–H and O–H groups in total. The fraction of sp³-hybridized carbons (Fsp3) is 0. The first kappa shape index (κ1) is 22.5. The molecule has 36 heavy (non-hydrogen) atoms. The number of hydrogen-bond acceptors (Lipinski definition) is 6. The Kier molecular flexibility index (Phi) is 6.19. The molecule has 2 aromatic heterocycles. The van der Waals surface area contributed by atoms with E-state index in [1.165, 1.54) is 18.2 Å². The molecule has 5 aromatic rings. The number of carbonyl (C=O) groups is 1. The molecule has 0 radical (unpaired) electrons. The van der Waals surface area contributed by atoms with Crippen LogP contribution in [0.5, 0.6) is 0 Å². The second-order valence-corrected chi connectivity index (χ2v) is 7.91. The number of anilines is 5. The van der Waals surface area contributed by atoms with Crippen LogP contribution in [0.25, 0.3) is 10.9 Å². The van der Waals surface area contributed by atoms with Gasteiger partial charge in [0, 0.05) is 52.3 Å². The normalized spacial score (nSPS) is 10.4. The number of nitrogens with one attached hydrogen (secondary N) is 3. The maximum Gasteiger partial charge on any atom is 0.255 e. The largest absolute Gasteiger partial charge is 0.355 e. The van der Waals surface area contributed by atoms with Crippen molar-refractivity contribution < 1.29 is 9.18 Å². The molecule has 0 aliphatic heterocycles. The molecule has 8 heteroatoms. The monoisotopic (exact) mass is 474 g/mol. The lowest BCUT2D eigenvalue weighted by Crippen LogP contribution is -2.12. The lowest BCUT2D eigenvalue weighted by Gasteiger charge is -2.12. The molecule has 0 aliphatic rings. The fourth-order valence-electron chi connectivity index (χ4n) is 3.68. The molecule has 0 fully saturated rings. The molecule has 0 atom stereocenters. The highest BCUT2D eigenvalue weighted by atomic mass is 19.1. The third-order valence-corrected chi connectivity index (χ3v) is 5.48. The minimum Gasteiger partial charge on any atom is -0.355 e. The number of pyridine rings is 2. The summed E-state index contributed by atoms with van der Waals surface area (Å²) in [6, 6.07) is 24.0. The molecule has 0 bridgehead atoms. The highest BCUT2D eigenvalue weighted by molar-refractivity contribution is 6.04. The first-order valence-electron chi connectivity index (χ1n) is 11.0. The van der Waals surface area contributed by atoms with Crippen molar-refractivity contribution in [3.63, 3.8) is 0 Å². The molecule has 3 aromatic carbocycles. The topological polar surface area (TPSA) is 103 Å². The van der Waals surface area contributed by atoms with E-state index < -0.39 is 5.82 Å². The van der Waals surface area contributed by atoms with E-state index in [9.17, 15) is 14.4 Å². The highest BCUT2D eigenvalue weighted by Gasteiger charge is 2.10. The Morgan fingerprint density at radius 1 is 0.778 bits per heavy atom. The average Bonchev–Trinajstić information content (AvgIpc) is 2.91. The van der Waals surface area contributed by atoms with Crippen LogP contribution in [0.2, 0.25) is 0 Å². The predicted octanol–water partition coefficient (Wildman–Crippen LogP) is 6.38. The van der Waals surface area contributed by atoms with Gasteiger partial charge in [0.2, 0.25) is 0 Å². The van der Waals surface area contributed by atoms with Gasteiger partial charge in [-0.3, -0.25) is 14.8 Å². The molecule has 0 spiro atoms. The summed E-state index contributed by atoms with van der Waals surface area (Å²) < 4.78 is 14.3. The minimum absolute atomic E-state index is 0.239. The van der Waals surface area contributed by atoms with Crippen molar-refractivity contribution in [2.45, 2.75) is 0 Å². The van der Waals surface area contributed by atoms with Crippen molar-refractivity contribution in [1.82, 2.24) is 9.97 Å². The summed E-state index contributed by atoms with van der Waals surface area (Å²) in [5, 5.41) is 19.1. The van der Waals surface area contributed by atoms with Gasteiger partial charge >= 0.3 is 0 Å². The van der Waals surface area contributed by atoms with Gasteiger partial charge < -0.3 is 16.0 Å². The Balaban J connectivity index is 1.30. The van der Waals surface area contributed by atoms with Crippen LogP contribution in [-0.2, 0) is 0 Å². The van der Waals surface area contributed by atoms with Gasteiger partial charge in [0.1, 0.15) is 5.82 Å². The van der Waals surface area contributed by atoms with Crippen molar-refractivity contribution in [3.8, 4) is 6.07 Å². The number of halogens is 1. The maximum atomic E-state index is 14.3. The van der Waals surface area contributed by atoms with Crippen molar-refractivity contribution in [2.24, 2.45) is 0 Å². The summed E-state index contributed by atoms with van der Waals surface area (Å²) in [7, 11) is 0. The molecule has 174 valence electrons. The second-order valence-electron chi connectivity index (χ2n) is 7.91. The zero-order chi connectivity index (χ0) is 24.9. The third kappa shape index (κ3) is 4.95. The van der Waals surface area contributed by atoms with E-state index >= 15 is 0 Å². The van der Waals surface area contributed by atoms with Gasteiger partial charge in [0.15, 0.2) is 0 Å². The SMILES string of the molecule is N#Cc1ccc2nccc(Nc3ccc(C(=O)Nc4ccc(F)c(Nc5ccncc5)c4)cc3)c2c1.